The van der Waals surface area contributed by atoms with Gasteiger partial charge in [0.1, 0.15) is 43.8 Å². The Bertz CT molecular complexity index is 1290. The van der Waals surface area contributed by atoms with Gasteiger partial charge < -0.3 is 30.8 Å². The Balaban J connectivity index is 0.000000220. The van der Waals surface area contributed by atoms with E-state index in [-0.39, 0.29) is 51.1 Å². The lowest BCUT2D eigenvalue weighted by Gasteiger charge is -2.14. The lowest BCUT2D eigenvalue weighted by atomic mass is 9.99. The van der Waals surface area contributed by atoms with Crippen molar-refractivity contribution in [3.63, 3.8) is 0 Å². The van der Waals surface area contributed by atoms with E-state index in [4.69, 9.17) is 30.8 Å². The van der Waals surface area contributed by atoms with Crippen molar-refractivity contribution in [1.82, 2.24) is 39.0 Å². The normalized spacial score (nSPS) is 12.0. The van der Waals surface area contributed by atoms with Crippen molar-refractivity contribution in [1.29, 1.82) is 0 Å². The lowest BCUT2D eigenvalue weighted by Crippen LogP contribution is -2.21. The number of hydrogen-bond donors (Lipinski definition) is 3. The number of nitrogens with two attached hydrogens (primary N) is 2. The van der Waals surface area contributed by atoms with Crippen molar-refractivity contribution in [2.24, 2.45) is 11.8 Å². The van der Waals surface area contributed by atoms with Crippen molar-refractivity contribution in [3.8, 4) is 0 Å². The molecular formula is C22H32N10O5. The Morgan fingerprint density at radius 3 is 1.84 bits per heavy atom. The standard InChI is InChI=1S/C14H21N5O3.C8H11N5O2/c1-9(2)10(3)14(20)22-5-4-21-8-19-7-18-11-12(15)16-6-17-13(11)19;9-7-6-8(11-3-10-7)13(4-12-6)5-15-2-1-14/h6-7,9-10H,4-5,8H2,1-3H3,(H2,15,16,17);3-4,14H,1-2,5H2,(H2,9,10,11). The lowest BCUT2D eigenvalue weighted by molar-refractivity contribution is -0.151. The molecule has 200 valence electrons. The smallest absolute Gasteiger partial charge is 0.308 e. The van der Waals surface area contributed by atoms with Crippen LogP contribution in [0, 0.1) is 11.8 Å². The molecule has 4 heterocycles. The molecule has 0 aliphatic rings. The third-order valence-electron chi connectivity index (χ3n) is 5.40. The molecule has 0 amide bonds. The number of carbonyl (C=O) groups excluding carboxylic acids is 1. The average molecular weight is 517 g/mol. The highest BCUT2D eigenvalue weighted by molar-refractivity contribution is 5.81. The van der Waals surface area contributed by atoms with Crippen LogP contribution in [0.3, 0.4) is 0 Å². The fourth-order valence-electron chi connectivity index (χ4n) is 2.98. The van der Waals surface area contributed by atoms with E-state index in [0.717, 1.165) is 0 Å². The summed E-state index contributed by atoms with van der Waals surface area (Å²) in [6, 6.07) is 0. The molecule has 0 bridgehead atoms. The number of rotatable bonds is 11. The minimum Gasteiger partial charge on any atom is -0.463 e. The summed E-state index contributed by atoms with van der Waals surface area (Å²) < 4.78 is 19.2. The van der Waals surface area contributed by atoms with Gasteiger partial charge in [0.25, 0.3) is 0 Å². The summed E-state index contributed by atoms with van der Waals surface area (Å²) in [5.41, 5.74) is 13.7. The molecule has 0 aliphatic carbocycles. The molecule has 15 nitrogen and oxygen atoms in total. The van der Waals surface area contributed by atoms with Gasteiger partial charge in [0.2, 0.25) is 0 Å². The third kappa shape index (κ3) is 7.28. The highest BCUT2D eigenvalue weighted by Gasteiger charge is 2.17. The molecule has 5 N–H and O–H groups in total. The number of aliphatic hydroxyl groups is 1. The molecule has 0 spiro atoms. The summed E-state index contributed by atoms with van der Waals surface area (Å²) in [6.45, 7) is 7.16. The van der Waals surface area contributed by atoms with Crippen molar-refractivity contribution in [3.05, 3.63) is 25.3 Å². The number of ether oxygens (including phenoxy) is 3. The van der Waals surface area contributed by atoms with Crippen molar-refractivity contribution >= 4 is 39.9 Å². The molecule has 0 aliphatic heterocycles. The fourth-order valence-corrected chi connectivity index (χ4v) is 2.98. The number of aliphatic hydroxyl groups excluding tert-OH is 1. The number of carbonyl (C=O) groups is 1. The van der Waals surface area contributed by atoms with E-state index in [1.807, 2.05) is 20.8 Å². The molecule has 0 saturated carbocycles. The van der Waals surface area contributed by atoms with Crippen molar-refractivity contribution in [2.45, 2.75) is 34.2 Å². The predicted molar refractivity (Wildman–Crippen MR) is 133 cm³/mol. The highest BCUT2D eigenvalue weighted by atomic mass is 16.6. The van der Waals surface area contributed by atoms with Crippen LogP contribution in [-0.2, 0) is 32.5 Å². The maximum atomic E-state index is 11.7. The van der Waals surface area contributed by atoms with E-state index in [9.17, 15) is 4.79 Å². The molecule has 1 unspecified atom stereocenters. The van der Waals surface area contributed by atoms with Gasteiger partial charge in [-0.15, -0.1) is 0 Å². The van der Waals surface area contributed by atoms with Gasteiger partial charge in [0.15, 0.2) is 22.9 Å². The molecule has 0 saturated heterocycles. The first-order chi connectivity index (χ1) is 17.8. The van der Waals surface area contributed by atoms with Crippen LogP contribution in [0.15, 0.2) is 25.3 Å². The fraction of sp³-hybridized carbons (Fsp3) is 0.500. The second-order valence-corrected chi connectivity index (χ2v) is 8.29. The van der Waals surface area contributed by atoms with Crippen LogP contribution in [0.1, 0.15) is 20.8 Å². The Hall–Kier alpha value is -3.95. The van der Waals surface area contributed by atoms with Crippen LogP contribution >= 0.6 is 0 Å². The first kappa shape index (κ1) is 27.6. The number of aromatic nitrogens is 8. The van der Waals surface area contributed by atoms with Crippen LogP contribution < -0.4 is 11.5 Å². The Kier molecular flexibility index (Phi) is 10.00. The first-order valence-corrected chi connectivity index (χ1v) is 11.6. The summed E-state index contributed by atoms with van der Waals surface area (Å²) >= 11 is 0. The van der Waals surface area contributed by atoms with E-state index in [1.54, 1.807) is 21.8 Å². The monoisotopic (exact) mass is 516 g/mol. The number of nitrogens with zero attached hydrogens (tertiary/aromatic N) is 8. The van der Waals surface area contributed by atoms with E-state index in [2.05, 4.69) is 29.9 Å². The maximum absolute atomic E-state index is 11.7. The number of fused-ring (bicyclic) bond motifs is 2. The van der Waals surface area contributed by atoms with Gasteiger partial charge in [-0.2, -0.15) is 0 Å². The largest absolute Gasteiger partial charge is 0.463 e. The summed E-state index contributed by atoms with van der Waals surface area (Å²) in [5, 5.41) is 8.56. The van der Waals surface area contributed by atoms with Crippen LogP contribution in [0.4, 0.5) is 11.6 Å². The molecule has 4 aromatic heterocycles. The minimum atomic E-state index is -0.202. The zero-order chi connectivity index (χ0) is 26.8. The van der Waals surface area contributed by atoms with Crippen LogP contribution in [-0.4, -0.2) is 76.5 Å². The second-order valence-electron chi connectivity index (χ2n) is 8.29. The topological polar surface area (TPSA) is 204 Å². The first-order valence-electron chi connectivity index (χ1n) is 11.6. The molecule has 37 heavy (non-hydrogen) atoms. The van der Waals surface area contributed by atoms with Gasteiger partial charge in [-0.05, 0) is 5.92 Å². The quantitative estimate of drug-likeness (QED) is 0.185. The second kappa shape index (κ2) is 13.4. The van der Waals surface area contributed by atoms with Crippen LogP contribution in [0.25, 0.3) is 22.3 Å². The molecule has 4 aromatic rings. The summed E-state index contributed by atoms with van der Waals surface area (Å²) in [4.78, 5) is 35.7. The zero-order valence-corrected chi connectivity index (χ0v) is 21.0. The molecule has 0 fully saturated rings. The maximum Gasteiger partial charge on any atom is 0.308 e. The van der Waals surface area contributed by atoms with E-state index < -0.39 is 0 Å². The summed E-state index contributed by atoms with van der Waals surface area (Å²) in [7, 11) is 0. The van der Waals surface area contributed by atoms with Crippen LogP contribution in [0.5, 0.6) is 0 Å². The van der Waals surface area contributed by atoms with Gasteiger partial charge in [-0.1, -0.05) is 20.8 Å². The van der Waals surface area contributed by atoms with Crippen molar-refractivity contribution in [2.75, 3.05) is 37.9 Å². The number of nitrogen functional groups attached to an aromatic ring is 2. The Morgan fingerprint density at radius 2 is 1.35 bits per heavy atom. The average Bonchev–Trinajstić information content (AvgIpc) is 3.50. The third-order valence-corrected chi connectivity index (χ3v) is 5.40. The molecular weight excluding hydrogens is 484 g/mol. The van der Waals surface area contributed by atoms with E-state index >= 15 is 0 Å². The summed E-state index contributed by atoms with van der Waals surface area (Å²) in [5.74, 6) is 0.626. The van der Waals surface area contributed by atoms with Gasteiger partial charge in [-0.25, -0.2) is 29.9 Å². The van der Waals surface area contributed by atoms with Crippen molar-refractivity contribution < 1.29 is 24.1 Å². The number of anilines is 2. The highest BCUT2D eigenvalue weighted by Crippen LogP contribution is 2.15. The molecule has 15 heteroatoms. The Morgan fingerprint density at radius 1 is 0.838 bits per heavy atom. The molecule has 1 atom stereocenters. The van der Waals surface area contributed by atoms with Crippen LogP contribution in [0.2, 0.25) is 0 Å². The van der Waals surface area contributed by atoms with Gasteiger partial charge in [0.05, 0.1) is 38.4 Å². The summed E-state index contributed by atoms with van der Waals surface area (Å²) in [6.07, 6.45) is 5.92. The predicted octanol–water partition coefficient (Wildman–Crippen LogP) is 0.593. The van der Waals surface area contributed by atoms with Gasteiger partial charge >= 0.3 is 5.97 Å². The molecule has 4 rings (SSSR count). The van der Waals surface area contributed by atoms with E-state index in [0.29, 0.717) is 40.6 Å². The van der Waals surface area contributed by atoms with Gasteiger partial charge in [0, 0.05) is 0 Å². The zero-order valence-electron chi connectivity index (χ0n) is 21.0. The minimum absolute atomic E-state index is 0.0102. The number of esters is 1. The molecule has 0 aromatic carbocycles. The molecule has 0 radical (unpaired) electrons. The van der Waals surface area contributed by atoms with Gasteiger partial charge in [-0.3, -0.25) is 13.9 Å². The SMILES string of the molecule is CC(C)C(C)C(=O)OCCOCn1cnc2c(N)ncnc21.Nc1ncnc2c1ncn2COCCO. The number of hydrogen-bond acceptors (Lipinski definition) is 13. The Labute approximate surface area is 212 Å². The number of imidazole rings is 2. The van der Waals surface area contributed by atoms with E-state index in [1.165, 1.54) is 12.7 Å².